The topological polar surface area (TPSA) is 123 Å². The molecule has 2 heterocycles. The molecule has 0 aromatic rings. The molecule has 0 aliphatic carbocycles. The molecule has 41 heavy (non-hydrogen) atoms. The van der Waals surface area contributed by atoms with Gasteiger partial charge in [-0.25, -0.2) is 9.59 Å². The fourth-order valence-corrected chi connectivity index (χ4v) is 5.59. The summed E-state index contributed by atoms with van der Waals surface area (Å²) in [5.74, 6) is -2.65. The van der Waals surface area contributed by atoms with Crippen LogP contribution in [0.5, 0.6) is 0 Å². The van der Waals surface area contributed by atoms with E-state index in [9.17, 15) is 14.7 Å². The summed E-state index contributed by atoms with van der Waals surface area (Å²) < 4.78 is 19.6. The molecule has 230 valence electrons. The van der Waals surface area contributed by atoms with Gasteiger partial charge < -0.3 is 29.5 Å². The Morgan fingerprint density at radius 2 is 1.73 bits per heavy atom. The fourth-order valence-electron chi connectivity index (χ4n) is 5.59. The first-order chi connectivity index (χ1) is 19.3. The van der Waals surface area contributed by atoms with Crippen LogP contribution in [0.15, 0.2) is 59.8 Å². The molecule has 0 amide bonds. The molecule has 2 saturated heterocycles. The van der Waals surface area contributed by atoms with Gasteiger partial charge in [-0.05, 0) is 51.0 Å². The number of carbonyl (C=O) groups is 2. The van der Waals surface area contributed by atoms with Gasteiger partial charge in [0.15, 0.2) is 5.79 Å². The number of carboxylic acids is 2. The largest absolute Gasteiger partial charge is 0.478 e. The molecular weight excluding hydrogens is 524 g/mol. The zero-order valence-electron chi connectivity index (χ0n) is 25.5. The van der Waals surface area contributed by atoms with Crippen LogP contribution >= 0.6 is 0 Å². The molecule has 7 atom stereocenters. The van der Waals surface area contributed by atoms with Gasteiger partial charge in [-0.1, -0.05) is 75.6 Å². The Labute approximate surface area is 245 Å². The van der Waals surface area contributed by atoms with Crippen molar-refractivity contribution in [3.05, 3.63) is 59.8 Å². The summed E-state index contributed by atoms with van der Waals surface area (Å²) in [6.45, 7) is 9.85. The summed E-state index contributed by atoms with van der Waals surface area (Å²) in [6.07, 6.45) is 18.8. The van der Waals surface area contributed by atoms with Crippen molar-refractivity contribution >= 4 is 11.9 Å². The van der Waals surface area contributed by atoms with Gasteiger partial charge in [-0.15, -0.1) is 0 Å². The minimum absolute atomic E-state index is 0.0197. The van der Waals surface area contributed by atoms with Gasteiger partial charge >= 0.3 is 11.9 Å². The molecule has 2 rings (SSSR count). The highest BCUT2D eigenvalue weighted by Gasteiger charge is 2.55. The zero-order chi connectivity index (χ0) is 30.6. The van der Waals surface area contributed by atoms with E-state index in [1.807, 2.05) is 19.1 Å². The number of carboxylic acid groups (broad SMARTS) is 2. The maximum Gasteiger partial charge on any atom is 0.328 e. The molecular formula is C33H50O8. The van der Waals surface area contributed by atoms with Crippen molar-refractivity contribution in [3.63, 3.8) is 0 Å². The van der Waals surface area contributed by atoms with Crippen LogP contribution in [0.1, 0.15) is 86.0 Å². The number of methoxy groups -OCH3 is 1. The number of aliphatic hydroxyl groups is 1. The maximum atomic E-state index is 11.1. The lowest BCUT2D eigenvalue weighted by atomic mass is 9.85. The van der Waals surface area contributed by atoms with E-state index in [0.717, 1.165) is 56.6 Å². The average molecular weight is 575 g/mol. The van der Waals surface area contributed by atoms with Crippen molar-refractivity contribution in [2.24, 2.45) is 11.8 Å². The maximum absolute atomic E-state index is 11.1. The SMILES string of the molecule is CCCC[C@]1(C(C=CC(C)=CC(=O)O)OC)CC[C@]2(CC[C@H](C)[C@@H](CC=C(C)C=C[C@H](O)[C@@H](C)C=CC(=O)O)O2)O1. The molecule has 0 bridgehead atoms. The van der Waals surface area contributed by atoms with Crippen molar-refractivity contribution in [2.45, 2.75) is 116 Å². The second-order valence-corrected chi connectivity index (χ2v) is 11.7. The normalized spacial score (nSPS) is 30.0. The number of allylic oxidation sites excluding steroid dienone is 4. The van der Waals surface area contributed by atoms with E-state index in [1.54, 1.807) is 33.1 Å². The molecule has 8 nitrogen and oxygen atoms in total. The molecule has 2 aliphatic rings. The second-order valence-electron chi connectivity index (χ2n) is 11.7. The fraction of sp³-hybridized carbons (Fsp3) is 0.636. The highest BCUT2D eigenvalue weighted by Crippen LogP contribution is 2.50. The summed E-state index contributed by atoms with van der Waals surface area (Å²) in [7, 11) is 1.67. The van der Waals surface area contributed by atoms with Gasteiger partial charge in [0.2, 0.25) is 0 Å². The highest BCUT2D eigenvalue weighted by molar-refractivity contribution is 5.81. The Balaban J connectivity index is 2.15. The van der Waals surface area contributed by atoms with Gasteiger partial charge in [0.05, 0.1) is 12.2 Å². The Morgan fingerprint density at radius 3 is 2.37 bits per heavy atom. The molecule has 1 spiro atoms. The first-order valence-corrected chi connectivity index (χ1v) is 14.8. The highest BCUT2D eigenvalue weighted by atomic mass is 16.7. The van der Waals surface area contributed by atoms with Gasteiger partial charge in [0.1, 0.15) is 11.7 Å². The van der Waals surface area contributed by atoms with E-state index >= 15 is 0 Å². The van der Waals surface area contributed by atoms with Crippen molar-refractivity contribution < 1.29 is 39.1 Å². The smallest absolute Gasteiger partial charge is 0.328 e. The van der Waals surface area contributed by atoms with E-state index in [1.165, 1.54) is 12.2 Å². The molecule has 0 saturated carbocycles. The number of ether oxygens (including phenoxy) is 3. The quantitative estimate of drug-likeness (QED) is 0.152. The first kappa shape index (κ1) is 34.7. The van der Waals surface area contributed by atoms with Gasteiger partial charge in [0.25, 0.3) is 0 Å². The van der Waals surface area contributed by atoms with Crippen LogP contribution in [0.2, 0.25) is 0 Å². The molecule has 0 aromatic heterocycles. The van der Waals surface area contributed by atoms with E-state index in [2.05, 4.69) is 19.9 Å². The Kier molecular flexibility index (Phi) is 13.7. The molecule has 0 radical (unpaired) electrons. The van der Waals surface area contributed by atoms with E-state index in [0.29, 0.717) is 17.9 Å². The summed E-state index contributed by atoms with van der Waals surface area (Å²) in [6, 6.07) is 0. The Hall–Kier alpha value is -2.52. The van der Waals surface area contributed by atoms with Crippen molar-refractivity contribution in [1.29, 1.82) is 0 Å². The van der Waals surface area contributed by atoms with Crippen molar-refractivity contribution in [2.75, 3.05) is 7.11 Å². The van der Waals surface area contributed by atoms with Crippen LogP contribution in [0, 0.1) is 11.8 Å². The monoisotopic (exact) mass is 574 g/mol. The average Bonchev–Trinajstić information content (AvgIpc) is 3.28. The van der Waals surface area contributed by atoms with Gasteiger partial charge in [0, 0.05) is 38.0 Å². The van der Waals surface area contributed by atoms with E-state index < -0.39 is 29.4 Å². The number of aliphatic hydroxyl groups excluding tert-OH is 1. The van der Waals surface area contributed by atoms with Gasteiger partial charge in [-0.2, -0.15) is 0 Å². The predicted molar refractivity (Wildman–Crippen MR) is 159 cm³/mol. The van der Waals surface area contributed by atoms with Crippen LogP contribution in [0.4, 0.5) is 0 Å². The van der Waals surface area contributed by atoms with E-state index in [-0.39, 0.29) is 18.1 Å². The summed E-state index contributed by atoms with van der Waals surface area (Å²) in [4.78, 5) is 21.8. The molecule has 0 aromatic carbocycles. The van der Waals surface area contributed by atoms with Gasteiger partial charge in [-0.3, -0.25) is 0 Å². The van der Waals surface area contributed by atoms with Crippen LogP contribution in [-0.2, 0) is 23.8 Å². The standard InChI is InChI=1S/C33H50O8/c1-7-8-18-32(29(39-6)15-11-24(3)22-31(37)38)20-21-33(41-32)19-17-26(5)28(40-33)14-10-23(2)9-13-27(34)25(4)12-16-30(35)36/h9-13,15-16,22,25-29,34H,7-8,14,17-21H2,1-6H3,(H,35,36)(H,37,38)/t25-,26-,27-,28+,29?,32+,33-/m0/s1. The summed E-state index contributed by atoms with van der Waals surface area (Å²) >= 11 is 0. The zero-order valence-corrected chi connectivity index (χ0v) is 25.5. The second kappa shape index (κ2) is 16.2. The predicted octanol–water partition coefficient (Wildman–Crippen LogP) is 6.37. The number of unbranched alkanes of at least 4 members (excludes halogenated alkanes) is 1. The first-order valence-electron chi connectivity index (χ1n) is 14.8. The Bertz CT molecular complexity index is 1020. The number of hydrogen-bond acceptors (Lipinski definition) is 6. The van der Waals surface area contributed by atoms with Crippen LogP contribution in [0.3, 0.4) is 0 Å². The molecule has 3 N–H and O–H groups in total. The number of hydrogen-bond donors (Lipinski definition) is 3. The minimum atomic E-state index is -1.03. The molecule has 2 aliphatic heterocycles. The lowest BCUT2D eigenvalue weighted by Gasteiger charge is -2.44. The lowest BCUT2D eigenvalue weighted by molar-refractivity contribution is -0.308. The van der Waals surface area contributed by atoms with E-state index in [4.69, 9.17) is 24.4 Å². The third-order valence-electron chi connectivity index (χ3n) is 8.22. The summed E-state index contributed by atoms with van der Waals surface area (Å²) in [5.41, 5.74) is 1.08. The molecule has 2 fully saturated rings. The van der Waals surface area contributed by atoms with Crippen molar-refractivity contribution in [1.82, 2.24) is 0 Å². The third kappa shape index (κ3) is 10.7. The van der Waals surface area contributed by atoms with Crippen molar-refractivity contribution in [3.8, 4) is 0 Å². The third-order valence-corrected chi connectivity index (χ3v) is 8.22. The minimum Gasteiger partial charge on any atom is -0.478 e. The van der Waals surface area contributed by atoms with Crippen LogP contribution < -0.4 is 0 Å². The lowest BCUT2D eigenvalue weighted by Crippen LogP contribution is -2.49. The molecule has 8 heteroatoms. The molecule has 1 unspecified atom stereocenters. The number of rotatable bonds is 15. The van der Waals surface area contributed by atoms with Crippen LogP contribution in [-0.4, -0.2) is 64.1 Å². The number of aliphatic carboxylic acids is 2. The Morgan fingerprint density at radius 1 is 1.02 bits per heavy atom. The van der Waals surface area contributed by atoms with Crippen LogP contribution in [0.25, 0.3) is 0 Å². The summed E-state index contributed by atoms with van der Waals surface area (Å²) in [5, 5.41) is 28.2.